The number of imide groups is 1. The second-order valence-electron chi connectivity index (χ2n) is 9.40. The molecule has 5 heteroatoms. The lowest BCUT2D eigenvalue weighted by atomic mass is 9.97. The quantitative estimate of drug-likeness (QED) is 0.680. The Kier molecular flexibility index (Phi) is 5.95. The third-order valence-electron chi connectivity index (χ3n) is 7.05. The predicted octanol–water partition coefficient (Wildman–Crippen LogP) is 4.23. The Morgan fingerprint density at radius 3 is 2.16 bits per heavy atom. The van der Waals surface area contributed by atoms with Gasteiger partial charge in [0, 0.05) is 13.1 Å². The first-order valence-corrected chi connectivity index (χ1v) is 11.4. The molecule has 2 amide bonds. The Bertz CT molecular complexity index is 1110. The zero-order valence-electron chi connectivity index (χ0n) is 20.0. The van der Waals surface area contributed by atoms with E-state index in [1.807, 2.05) is 64.2 Å². The van der Waals surface area contributed by atoms with Crippen LogP contribution in [-0.2, 0) is 9.59 Å². The first kappa shape index (κ1) is 22.3. The molecule has 2 aromatic rings. The lowest BCUT2D eigenvalue weighted by Gasteiger charge is -2.36. The molecule has 2 aromatic carbocycles. The van der Waals surface area contributed by atoms with Crippen molar-refractivity contribution in [2.45, 2.75) is 46.6 Å². The number of carbonyl (C=O) groups is 2. The monoisotopic (exact) mass is 431 g/mol. The zero-order chi connectivity index (χ0) is 23.2. The summed E-state index contributed by atoms with van der Waals surface area (Å²) in [5.74, 6) is -0.458. The van der Waals surface area contributed by atoms with Gasteiger partial charge in [-0.2, -0.15) is 0 Å². The molecule has 0 radical (unpaired) electrons. The Morgan fingerprint density at radius 2 is 1.50 bits per heavy atom. The van der Waals surface area contributed by atoms with Gasteiger partial charge in [-0.1, -0.05) is 30.3 Å². The normalized spacial score (nSPS) is 18.1. The van der Waals surface area contributed by atoms with Crippen molar-refractivity contribution >= 4 is 23.1 Å². The molecular formula is C27H33N3O2. The minimum atomic E-state index is -0.235. The molecule has 0 bridgehead atoms. The minimum absolute atomic E-state index is 0.224. The highest BCUT2D eigenvalue weighted by Crippen LogP contribution is 2.37. The Balaban J connectivity index is 1.84. The fourth-order valence-corrected chi connectivity index (χ4v) is 4.75. The number of piperidine rings is 1. The minimum Gasteiger partial charge on any atom is -0.366 e. The average molecular weight is 432 g/mol. The van der Waals surface area contributed by atoms with Gasteiger partial charge in [-0.15, -0.1) is 0 Å². The van der Waals surface area contributed by atoms with Crippen LogP contribution in [0.25, 0.3) is 5.57 Å². The summed E-state index contributed by atoms with van der Waals surface area (Å²) in [5, 5.41) is 0. The molecule has 2 heterocycles. The van der Waals surface area contributed by atoms with E-state index in [1.165, 1.54) is 10.5 Å². The van der Waals surface area contributed by atoms with Crippen LogP contribution in [0.5, 0.6) is 0 Å². The van der Waals surface area contributed by atoms with Crippen LogP contribution in [0.4, 0.5) is 5.69 Å². The summed E-state index contributed by atoms with van der Waals surface area (Å²) in [6.45, 7) is 10.0. The number of amides is 2. The molecule has 32 heavy (non-hydrogen) atoms. The van der Waals surface area contributed by atoms with Crippen molar-refractivity contribution in [3.63, 3.8) is 0 Å². The number of likely N-dealkylation sites (N-methyl/N-ethyl adjacent to an activating group) is 1. The number of benzene rings is 2. The fraction of sp³-hybridized carbons (Fsp3) is 0.407. The summed E-state index contributed by atoms with van der Waals surface area (Å²) in [4.78, 5) is 33.5. The van der Waals surface area contributed by atoms with E-state index in [-0.39, 0.29) is 17.9 Å². The van der Waals surface area contributed by atoms with Gasteiger partial charge in [0.1, 0.15) is 5.70 Å². The number of anilines is 1. The van der Waals surface area contributed by atoms with Gasteiger partial charge in [0.15, 0.2) is 0 Å². The van der Waals surface area contributed by atoms with E-state index in [4.69, 9.17) is 0 Å². The van der Waals surface area contributed by atoms with Crippen LogP contribution in [0.3, 0.4) is 0 Å². The van der Waals surface area contributed by atoms with Crippen molar-refractivity contribution in [2.75, 3.05) is 32.1 Å². The summed E-state index contributed by atoms with van der Waals surface area (Å²) in [6, 6.07) is 12.2. The number of carbonyl (C=O) groups excluding carboxylic acids is 2. The van der Waals surface area contributed by atoms with Crippen LogP contribution in [0.1, 0.15) is 40.7 Å². The lowest BCUT2D eigenvalue weighted by Crippen LogP contribution is -2.43. The summed E-state index contributed by atoms with van der Waals surface area (Å²) >= 11 is 0. The third-order valence-corrected chi connectivity index (χ3v) is 7.05. The summed E-state index contributed by atoms with van der Waals surface area (Å²) in [6.07, 6.45) is 1.95. The standard InChI is InChI=1S/C27H33N3O2/c1-17-7-8-19(3)23(15-17)30-26(31)24(21-10-9-18(2)20(4)16-21)25(27(30)32)29(6)22-11-13-28(5)14-12-22/h7-10,15-16,22H,11-14H2,1-6H3. The van der Waals surface area contributed by atoms with Gasteiger partial charge in [-0.25, -0.2) is 4.90 Å². The molecule has 0 spiro atoms. The number of rotatable bonds is 4. The van der Waals surface area contributed by atoms with Gasteiger partial charge >= 0.3 is 0 Å². The number of hydrogen-bond acceptors (Lipinski definition) is 4. The van der Waals surface area contributed by atoms with Crippen molar-refractivity contribution in [3.8, 4) is 0 Å². The zero-order valence-corrected chi connectivity index (χ0v) is 20.0. The van der Waals surface area contributed by atoms with E-state index in [1.54, 1.807) is 0 Å². The van der Waals surface area contributed by atoms with Crippen LogP contribution in [0.15, 0.2) is 42.1 Å². The van der Waals surface area contributed by atoms with E-state index in [2.05, 4.69) is 23.8 Å². The van der Waals surface area contributed by atoms with Crippen molar-refractivity contribution in [2.24, 2.45) is 0 Å². The molecule has 4 rings (SSSR count). The van der Waals surface area contributed by atoms with Gasteiger partial charge in [0.2, 0.25) is 0 Å². The van der Waals surface area contributed by atoms with Crippen molar-refractivity contribution in [1.82, 2.24) is 9.80 Å². The van der Waals surface area contributed by atoms with Gasteiger partial charge in [0.25, 0.3) is 11.8 Å². The van der Waals surface area contributed by atoms with Gasteiger partial charge < -0.3 is 9.80 Å². The van der Waals surface area contributed by atoms with E-state index >= 15 is 0 Å². The molecule has 0 aliphatic carbocycles. The topological polar surface area (TPSA) is 43.9 Å². The molecule has 0 atom stereocenters. The van der Waals surface area contributed by atoms with Crippen LogP contribution >= 0.6 is 0 Å². The summed E-state index contributed by atoms with van der Waals surface area (Å²) < 4.78 is 0. The van der Waals surface area contributed by atoms with E-state index in [9.17, 15) is 9.59 Å². The highest BCUT2D eigenvalue weighted by Gasteiger charge is 2.43. The molecule has 168 valence electrons. The van der Waals surface area contributed by atoms with Gasteiger partial charge in [0.05, 0.1) is 11.3 Å². The van der Waals surface area contributed by atoms with Crippen LogP contribution in [0.2, 0.25) is 0 Å². The van der Waals surface area contributed by atoms with Crippen LogP contribution < -0.4 is 4.90 Å². The first-order valence-electron chi connectivity index (χ1n) is 11.4. The van der Waals surface area contributed by atoms with Crippen molar-refractivity contribution in [1.29, 1.82) is 0 Å². The Labute approximate surface area is 191 Å². The van der Waals surface area contributed by atoms with Gasteiger partial charge in [-0.3, -0.25) is 9.59 Å². The molecular weight excluding hydrogens is 398 g/mol. The van der Waals surface area contributed by atoms with Crippen LogP contribution in [0, 0.1) is 27.7 Å². The largest absolute Gasteiger partial charge is 0.366 e. The number of nitrogens with zero attached hydrogens (tertiary/aromatic N) is 3. The molecule has 0 N–H and O–H groups in total. The highest BCUT2D eigenvalue weighted by molar-refractivity contribution is 6.45. The first-order chi connectivity index (χ1) is 15.2. The Hall–Kier alpha value is -2.92. The maximum atomic E-state index is 13.9. The highest BCUT2D eigenvalue weighted by atomic mass is 16.2. The van der Waals surface area contributed by atoms with Crippen molar-refractivity contribution in [3.05, 3.63) is 69.9 Å². The smallest absolute Gasteiger partial charge is 0.282 e. The number of hydrogen-bond donors (Lipinski definition) is 0. The van der Waals surface area contributed by atoms with Gasteiger partial charge in [-0.05, 0) is 94.6 Å². The second kappa shape index (κ2) is 8.55. The van der Waals surface area contributed by atoms with E-state index < -0.39 is 0 Å². The lowest BCUT2D eigenvalue weighted by molar-refractivity contribution is -0.120. The predicted molar refractivity (Wildman–Crippen MR) is 130 cm³/mol. The maximum absolute atomic E-state index is 13.9. The summed E-state index contributed by atoms with van der Waals surface area (Å²) in [5.41, 5.74) is 6.75. The molecule has 1 fully saturated rings. The summed E-state index contributed by atoms with van der Waals surface area (Å²) in [7, 11) is 4.10. The third kappa shape index (κ3) is 3.86. The second-order valence-corrected chi connectivity index (χ2v) is 9.40. The fourth-order valence-electron chi connectivity index (χ4n) is 4.75. The Morgan fingerprint density at radius 1 is 0.844 bits per heavy atom. The number of likely N-dealkylation sites (tertiary alicyclic amines) is 1. The molecule has 0 unspecified atom stereocenters. The van der Waals surface area contributed by atoms with E-state index in [0.29, 0.717) is 17.0 Å². The van der Waals surface area contributed by atoms with Crippen LogP contribution in [-0.4, -0.2) is 54.8 Å². The SMILES string of the molecule is Cc1ccc(C)c(N2C(=O)C(c3ccc(C)c(C)c3)=C(N(C)C3CCN(C)CC3)C2=O)c1. The molecule has 0 aromatic heterocycles. The molecule has 2 aliphatic heterocycles. The molecule has 0 saturated carbocycles. The number of aryl methyl sites for hydroxylation is 4. The molecule has 2 aliphatic rings. The molecule has 5 nitrogen and oxygen atoms in total. The average Bonchev–Trinajstić information content (AvgIpc) is 3.02. The molecule has 1 saturated heterocycles. The van der Waals surface area contributed by atoms with E-state index in [0.717, 1.165) is 48.2 Å². The van der Waals surface area contributed by atoms with Crippen molar-refractivity contribution < 1.29 is 9.59 Å². The maximum Gasteiger partial charge on any atom is 0.282 e.